The molecule has 8 nitrogen and oxygen atoms in total. The van der Waals surface area contributed by atoms with Crippen LogP contribution in [0.4, 0.5) is 0 Å². The lowest BCUT2D eigenvalue weighted by molar-refractivity contribution is 0.0599. The smallest absolute Gasteiger partial charge is 0.286 e. The minimum absolute atomic E-state index is 0.0632. The van der Waals surface area contributed by atoms with Gasteiger partial charge in [0, 0.05) is 18.8 Å². The van der Waals surface area contributed by atoms with E-state index in [1.54, 1.807) is 12.1 Å². The van der Waals surface area contributed by atoms with Gasteiger partial charge in [0.15, 0.2) is 0 Å². The molecule has 0 bridgehead atoms. The van der Waals surface area contributed by atoms with Crippen molar-refractivity contribution in [1.29, 1.82) is 0 Å². The molecule has 1 fully saturated rings. The second kappa shape index (κ2) is 7.22. The monoisotopic (exact) mass is 367 g/mol. The van der Waals surface area contributed by atoms with Gasteiger partial charge in [-0.15, -0.1) is 0 Å². The summed E-state index contributed by atoms with van der Waals surface area (Å²) in [6.07, 6.45) is 7.25. The molecule has 1 saturated heterocycles. The summed E-state index contributed by atoms with van der Waals surface area (Å²) >= 11 is 0. The van der Waals surface area contributed by atoms with E-state index in [0.29, 0.717) is 6.54 Å². The second-order valence-corrected chi connectivity index (χ2v) is 6.85. The fraction of sp³-hybridized carbons (Fsp3) is 0.368. The van der Waals surface area contributed by atoms with E-state index in [1.165, 1.54) is 17.0 Å². The molecule has 2 aromatic heterocycles. The van der Waals surface area contributed by atoms with E-state index in [4.69, 9.17) is 0 Å². The van der Waals surface area contributed by atoms with Crippen LogP contribution >= 0.6 is 0 Å². The third-order valence-corrected chi connectivity index (χ3v) is 5.13. The van der Waals surface area contributed by atoms with Gasteiger partial charge < -0.3 is 10.0 Å². The predicted octanol–water partition coefficient (Wildman–Crippen LogP) is 1.75. The molecule has 1 aliphatic rings. The van der Waals surface area contributed by atoms with Crippen molar-refractivity contribution >= 4 is 11.7 Å². The van der Waals surface area contributed by atoms with Gasteiger partial charge in [0.2, 0.25) is 0 Å². The number of H-pyrrole nitrogens is 1. The molecule has 0 unspecified atom stereocenters. The maximum atomic E-state index is 13.1. The Bertz CT molecular complexity index is 1010. The highest BCUT2D eigenvalue weighted by atomic mass is 16.3. The number of phenols is 1. The lowest BCUT2D eigenvalue weighted by atomic mass is 9.95. The van der Waals surface area contributed by atoms with Crippen molar-refractivity contribution in [2.75, 3.05) is 6.54 Å². The topological polar surface area (TPSA) is 104 Å². The summed E-state index contributed by atoms with van der Waals surface area (Å²) < 4.78 is 1.18. The molecule has 0 saturated carbocycles. The average Bonchev–Trinajstić information content (AvgIpc) is 3.17. The van der Waals surface area contributed by atoms with Crippen molar-refractivity contribution in [2.24, 2.45) is 0 Å². The van der Waals surface area contributed by atoms with Crippen LogP contribution in [0.3, 0.4) is 0 Å². The van der Waals surface area contributed by atoms with Crippen LogP contribution in [0.2, 0.25) is 0 Å². The fourth-order valence-electron chi connectivity index (χ4n) is 3.66. The molecule has 0 spiro atoms. The summed E-state index contributed by atoms with van der Waals surface area (Å²) in [6, 6.07) is 7.22. The van der Waals surface area contributed by atoms with E-state index in [1.807, 2.05) is 17.0 Å². The van der Waals surface area contributed by atoms with Gasteiger partial charge in [0.05, 0.1) is 0 Å². The Morgan fingerprint density at radius 3 is 2.85 bits per heavy atom. The van der Waals surface area contributed by atoms with Gasteiger partial charge >= 0.3 is 0 Å². The number of carbonyl (C=O) groups excluding carboxylic acids is 1. The van der Waals surface area contributed by atoms with E-state index < -0.39 is 5.56 Å². The lowest BCUT2D eigenvalue weighted by Gasteiger charge is -2.35. The van der Waals surface area contributed by atoms with Crippen molar-refractivity contribution in [3.63, 3.8) is 0 Å². The van der Waals surface area contributed by atoms with E-state index in [0.717, 1.165) is 37.7 Å². The standard InChI is InChI=1S/C19H21N5O3/c25-15-8-5-13(6-9-15)4-7-14-3-1-2-10-23(14)17(26)16-11-20-19-21-12-22-24(19)18(16)27/h5-6,8-9,11-12,14,25H,1-4,7,10H2,(H,20,21,22)/t14-/m0/s1. The SMILES string of the molecule is O=C(c1cnc2nc[nH]n2c1=O)N1CCCC[C@H]1CCc1ccc(O)cc1. The summed E-state index contributed by atoms with van der Waals surface area (Å²) in [4.78, 5) is 35.5. The minimum Gasteiger partial charge on any atom is -0.508 e. The number of aromatic amines is 1. The molecular formula is C19H21N5O3. The highest BCUT2D eigenvalue weighted by Crippen LogP contribution is 2.23. The summed E-state index contributed by atoms with van der Waals surface area (Å²) in [5.41, 5.74) is 0.755. The first-order chi connectivity index (χ1) is 13.1. The number of nitrogens with zero attached hydrogens (tertiary/aromatic N) is 4. The van der Waals surface area contributed by atoms with Gasteiger partial charge in [-0.3, -0.25) is 14.7 Å². The van der Waals surface area contributed by atoms with Crippen LogP contribution in [0, 0.1) is 0 Å². The number of benzene rings is 1. The number of nitrogens with one attached hydrogen (secondary N) is 1. The largest absolute Gasteiger partial charge is 0.508 e. The number of rotatable bonds is 4. The Morgan fingerprint density at radius 1 is 1.22 bits per heavy atom. The molecule has 0 aliphatic carbocycles. The number of fused-ring (bicyclic) bond motifs is 1. The van der Waals surface area contributed by atoms with Crippen LogP contribution in [-0.4, -0.2) is 48.1 Å². The molecule has 3 aromatic rings. The van der Waals surface area contributed by atoms with E-state index in [9.17, 15) is 14.7 Å². The third kappa shape index (κ3) is 3.42. The Kier molecular flexibility index (Phi) is 4.62. The minimum atomic E-state index is -0.426. The summed E-state index contributed by atoms with van der Waals surface area (Å²) in [7, 11) is 0. The van der Waals surface area contributed by atoms with Crippen LogP contribution in [-0.2, 0) is 6.42 Å². The van der Waals surface area contributed by atoms with E-state index in [2.05, 4.69) is 15.1 Å². The van der Waals surface area contributed by atoms with Crippen LogP contribution < -0.4 is 5.56 Å². The van der Waals surface area contributed by atoms with Gasteiger partial charge in [-0.2, -0.15) is 4.52 Å². The first-order valence-corrected chi connectivity index (χ1v) is 9.13. The van der Waals surface area contributed by atoms with E-state index >= 15 is 0 Å². The van der Waals surface area contributed by atoms with Crippen LogP contribution in [0.5, 0.6) is 5.75 Å². The zero-order valence-corrected chi connectivity index (χ0v) is 14.8. The molecule has 140 valence electrons. The number of hydrogen-bond donors (Lipinski definition) is 2. The van der Waals surface area contributed by atoms with Crippen LogP contribution in [0.1, 0.15) is 41.6 Å². The van der Waals surface area contributed by atoms with Gasteiger partial charge in [-0.25, -0.2) is 9.97 Å². The first-order valence-electron chi connectivity index (χ1n) is 9.13. The summed E-state index contributed by atoms with van der Waals surface area (Å²) in [5.74, 6) is 0.223. The average molecular weight is 367 g/mol. The third-order valence-electron chi connectivity index (χ3n) is 5.13. The number of phenolic OH excluding ortho intramolecular Hbond substituents is 1. The molecule has 4 rings (SSSR count). The number of hydrogen-bond acceptors (Lipinski definition) is 5. The molecule has 1 aliphatic heterocycles. The highest BCUT2D eigenvalue weighted by Gasteiger charge is 2.29. The molecule has 3 heterocycles. The molecule has 0 radical (unpaired) electrons. The number of aromatic nitrogens is 4. The van der Waals surface area contributed by atoms with Crippen molar-refractivity contribution in [3.8, 4) is 5.75 Å². The highest BCUT2D eigenvalue weighted by molar-refractivity contribution is 5.94. The van der Waals surface area contributed by atoms with Crippen molar-refractivity contribution < 1.29 is 9.90 Å². The van der Waals surface area contributed by atoms with Crippen LogP contribution in [0.15, 0.2) is 41.6 Å². The zero-order valence-electron chi connectivity index (χ0n) is 14.8. The Balaban J connectivity index is 1.53. The van der Waals surface area contributed by atoms with Crippen molar-refractivity contribution in [2.45, 2.75) is 38.1 Å². The van der Waals surface area contributed by atoms with Gasteiger partial charge in [-0.1, -0.05) is 12.1 Å². The normalized spacial score (nSPS) is 17.3. The van der Waals surface area contributed by atoms with Gasteiger partial charge in [0.25, 0.3) is 17.2 Å². The number of aryl methyl sites for hydroxylation is 1. The molecule has 27 heavy (non-hydrogen) atoms. The van der Waals surface area contributed by atoms with Crippen molar-refractivity contribution in [1.82, 2.24) is 24.5 Å². The summed E-state index contributed by atoms with van der Waals surface area (Å²) in [6.45, 7) is 0.643. The molecular weight excluding hydrogens is 346 g/mol. The maximum Gasteiger partial charge on any atom is 0.286 e. The molecule has 1 atom stereocenters. The van der Waals surface area contributed by atoms with Crippen LogP contribution in [0.25, 0.3) is 5.78 Å². The van der Waals surface area contributed by atoms with Gasteiger partial charge in [0.1, 0.15) is 17.6 Å². The fourth-order valence-corrected chi connectivity index (χ4v) is 3.66. The van der Waals surface area contributed by atoms with Crippen molar-refractivity contribution in [3.05, 3.63) is 58.3 Å². The quantitative estimate of drug-likeness (QED) is 0.731. The van der Waals surface area contributed by atoms with Gasteiger partial charge in [-0.05, 0) is 49.8 Å². The molecule has 1 aromatic carbocycles. The number of piperidine rings is 1. The Labute approximate surface area is 155 Å². The zero-order chi connectivity index (χ0) is 18.8. The maximum absolute atomic E-state index is 13.1. The van der Waals surface area contributed by atoms with E-state index in [-0.39, 0.29) is 29.0 Å². The molecule has 1 amide bonds. The number of aromatic hydroxyl groups is 1. The lowest BCUT2D eigenvalue weighted by Crippen LogP contribution is -2.46. The predicted molar refractivity (Wildman–Crippen MR) is 98.7 cm³/mol. The number of carbonyl (C=O) groups is 1. The first kappa shape index (κ1) is 17.3. The number of likely N-dealkylation sites (tertiary alicyclic amines) is 1. The number of amides is 1. The molecule has 2 N–H and O–H groups in total. The Hall–Kier alpha value is -3.16. The molecule has 8 heteroatoms. The second-order valence-electron chi connectivity index (χ2n) is 6.85. The Morgan fingerprint density at radius 2 is 2.04 bits per heavy atom. The summed E-state index contributed by atoms with van der Waals surface area (Å²) in [5, 5.41) is 12.1.